The standard InChI is InChI=1S/C81H158O17P2/c1-5-9-13-17-21-25-29-32-35-37-38-39-42-45-48-52-56-60-64-68-81(86)98-77(72-92-79(84)66-62-58-54-50-46-43-41-36-33-30-26-22-18-14-10-6-2)74-96-100(89,90)94-70-75(82)69-93-99(87,88)95-73-76(71-91-78(83)65-61-57-53-49-28-24-20-16-12-8-4)97-80(85)67-63-59-55-51-47-44-40-34-31-27-23-19-15-11-7-3/h75-77,82H,5-74H2,1-4H3,(H,87,88)(H,89,90)/t75-,76+,77+/m0/s1. The highest BCUT2D eigenvalue weighted by Crippen LogP contribution is 2.45. The summed E-state index contributed by atoms with van der Waals surface area (Å²) < 4.78 is 68.7. The zero-order valence-electron chi connectivity index (χ0n) is 65.2. The summed E-state index contributed by atoms with van der Waals surface area (Å²) in [7, 11) is -9.92. The molecular weight excluding hydrogens is 1310 g/mol. The van der Waals surface area contributed by atoms with E-state index >= 15 is 0 Å². The van der Waals surface area contributed by atoms with E-state index in [-0.39, 0.29) is 25.7 Å². The lowest BCUT2D eigenvalue weighted by Gasteiger charge is -2.21. The van der Waals surface area contributed by atoms with E-state index in [1.54, 1.807) is 0 Å². The Balaban J connectivity index is 5.23. The molecule has 0 aliphatic rings. The summed E-state index contributed by atoms with van der Waals surface area (Å²) in [6.45, 7) is 5.03. The van der Waals surface area contributed by atoms with Crippen molar-refractivity contribution in [3.63, 3.8) is 0 Å². The van der Waals surface area contributed by atoms with Crippen LogP contribution in [0.15, 0.2) is 0 Å². The Hall–Kier alpha value is -1.94. The van der Waals surface area contributed by atoms with Gasteiger partial charge < -0.3 is 33.8 Å². The van der Waals surface area contributed by atoms with Crippen molar-refractivity contribution in [1.82, 2.24) is 0 Å². The van der Waals surface area contributed by atoms with E-state index in [9.17, 15) is 43.2 Å². The average molecular weight is 1470 g/mol. The lowest BCUT2D eigenvalue weighted by molar-refractivity contribution is -0.161. The summed E-state index contributed by atoms with van der Waals surface area (Å²) in [5.74, 6) is -2.10. The smallest absolute Gasteiger partial charge is 0.462 e. The number of unbranched alkanes of at least 4 members (excludes halogenated alkanes) is 56. The van der Waals surface area contributed by atoms with E-state index in [1.165, 1.54) is 270 Å². The fourth-order valence-electron chi connectivity index (χ4n) is 12.6. The molecule has 0 aromatic rings. The van der Waals surface area contributed by atoms with Gasteiger partial charge >= 0.3 is 39.5 Å². The largest absolute Gasteiger partial charge is 0.472 e. The molecule has 0 saturated carbocycles. The number of phosphoric ester groups is 2. The van der Waals surface area contributed by atoms with Gasteiger partial charge in [0.25, 0.3) is 0 Å². The highest BCUT2D eigenvalue weighted by Gasteiger charge is 2.30. The Bertz CT molecular complexity index is 1890. The Labute approximate surface area is 613 Å². The van der Waals surface area contributed by atoms with Crippen LogP contribution in [0.25, 0.3) is 0 Å². The second-order valence-electron chi connectivity index (χ2n) is 29.2. The maximum Gasteiger partial charge on any atom is 0.472 e. The topological polar surface area (TPSA) is 237 Å². The number of ether oxygens (including phenoxy) is 4. The first kappa shape index (κ1) is 98.1. The van der Waals surface area contributed by atoms with Crippen LogP contribution in [-0.4, -0.2) is 96.7 Å². The first-order valence-corrected chi connectivity index (χ1v) is 45.3. The van der Waals surface area contributed by atoms with Crippen molar-refractivity contribution in [2.75, 3.05) is 39.6 Å². The molecule has 0 bridgehead atoms. The van der Waals surface area contributed by atoms with E-state index < -0.39 is 97.5 Å². The number of rotatable bonds is 82. The summed E-state index contributed by atoms with van der Waals surface area (Å²) >= 11 is 0. The molecule has 0 aromatic carbocycles. The highest BCUT2D eigenvalue weighted by molar-refractivity contribution is 7.47. The zero-order valence-corrected chi connectivity index (χ0v) is 67.0. The van der Waals surface area contributed by atoms with E-state index in [0.29, 0.717) is 25.7 Å². The third-order valence-electron chi connectivity index (χ3n) is 19.1. The Morgan fingerprint density at radius 2 is 0.400 bits per heavy atom. The fourth-order valence-corrected chi connectivity index (χ4v) is 14.2. The molecule has 0 aromatic heterocycles. The van der Waals surface area contributed by atoms with Gasteiger partial charge in [-0.15, -0.1) is 0 Å². The molecule has 0 heterocycles. The van der Waals surface area contributed by atoms with E-state index in [4.69, 9.17) is 37.0 Å². The third-order valence-corrected chi connectivity index (χ3v) is 21.0. The number of hydrogen-bond donors (Lipinski definition) is 3. The molecule has 0 saturated heterocycles. The second-order valence-corrected chi connectivity index (χ2v) is 32.1. The van der Waals surface area contributed by atoms with Gasteiger partial charge in [-0.3, -0.25) is 37.3 Å². The first-order chi connectivity index (χ1) is 48.7. The van der Waals surface area contributed by atoms with Gasteiger partial charge in [0.2, 0.25) is 0 Å². The minimum Gasteiger partial charge on any atom is -0.462 e. The minimum atomic E-state index is -4.96. The molecule has 2 unspecified atom stereocenters. The molecule has 0 amide bonds. The monoisotopic (exact) mass is 1470 g/mol. The Kier molecular flexibility index (Phi) is 73.8. The molecule has 19 heteroatoms. The number of esters is 4. The summed E-state index contributed by atoms with van der Waals surface area (Å²) in [5.41, 5.74) is 0. The second kappa shape index (κ2) is 75.3. The number of carbonyl (C=O) groups excluding carboxylic acids is 4. The van der Waals surface area contributed by atoms with Gasteiger partial charge in [-0.25, -0.2) is 9.13 Å². The Morgan fingerprint density at radius 3 is 0.590 bits per heavy atom. The van der Waals surface area contributed by atoms with Crippen LogP contribution in [0.4, 0.5) is 0 Å². The number of carbonyl (C=O) groups is 4. The van der Waals surface area contributed by atoms with Crippen molar-refractivity contribution in [2.45, 2.75) is 457 Å². The molecule has 0 spiro atoms. The molecule has 5 atom stereocenters. The van der Waals surface area contributed by atoms with Crippen LogP contribution < -0.4 is 0 Å². The van der Waals surface area contributed by atoms with Crippen LogP contribution in [-0.2, 0) is 65.4 Å². The molecule has 0 aliphatic heterocycles. The van der Waals surface area contributed by atoms with Gasteiger partial charge in [0.1, 0.15) is 19.3 Å². The summed E-state index contributed by atoms with van der Waals surface area (Å²) in [4.78, 5) is 73.0. The van der Waals surface area contributed by atoms with Crippen LogP contribution in [0.2, 0.25) is 0 Å². The maximum absolute atomic E-state index is 13.1. The summed E-state index contributed by atoms with van der Waals surface area (Å²) in [5, 5.41) is 10.6. The van der Waals surface area contributed by atoms with Crippen molar-refractivity contribution in [2.24, 2.45) is 0 Å². The Morgan fingerprint density at radius 1 is 0.240 bits per heavy atom. The lowest BCUT2D eigenvalue weighted by Crippen LogP contribution is -2.30. The maximum atomic E-state index is 13.1. The number of phosphoric acid groups is 2. The van der Waals surface area contributed by atoms with Crippen LogP contribution in [0, 0.1) is 0 Å². The minimum absolute atomic E-state index is 0.109. The number of aliphatic hydroxyl groups excluding tert-OH is 1. The quantitative estimate of drug-likeness (QED) is 0.0222. The van der Waals surface area contributed by atoms with E-state index in [2.05, 4.69) is 27.7 Å². The number of hydrogen-bond acceptors (Lipinski definition) is 15. The SMILES string of the molecule is CCCCCCCCCCCCCCCCCCCCCC(=O)O[C@H](COC(=O)CCCCCCCCCCCCCCCCCC)COP(=O)(O)OC[C@@H](O)COP(=O)(O)OC[C@@H](COC(=O)CCCCCCCCCCCC)OC(=O)CCCCCCCCCCCCCCCCC. The fraction of sp³-hybridized carbons (Fsp3) is 0.951. The third kappa shape index (κ3) is 74.3. The van der Waals surface area contributed by atoms with Gasteiger partial charge in [0, 0.05) is 25.7 Å². The first-order valence-electron chi connectivity index (χ1n) is 42.3. The zero-order chi connectivity index (χ0) is 73.2. The van der Waals surface area contributed by atoms with E-state index in [1.807, 2.05) is 0 Å². The number of aliphatic hydroxyl groups is 1. The van der Waals surface area contributed by atoms with Gasteiger partial charge in [0.15, 0.2) is 12.2 Å². The summed E-state index contributed by atoms with van der Waals surface area (Å²) in [6, 6.07) is 0. The molecule has 0 fully saturated rings. The molecule has 17 nitrogen and oxygen atoms in total. The molecule has 594 valence electrons. The molecule has 3 N–H and O–H groups in total. The molecule has 0 rings (SSSR count). The summed E-state index contributed by atoms with van der Waals surface area (Å²) in [6.07, 6.45) is 67.9. The van der Waals surface area contributed by atoms with E-state index in [0.717, 1.165) is 89.9 Å². The predicted octanol–water partition coefficient (Wildman–Crippen LogP) is 24.6. The molecule has 0 aliphatic carbocycles. The predicted molar refractivity (Wildman–Crippen MR) is 409 cm³/mol. The van der Waals surface area contributed by atoms with Crippen molar-refractivity contribution in [3.8, 4) is 0 Å². The normalized spacial score (nSPS) is 13.8. The molecule has 0 radical (unpaired) electrons. The lowest BCUT2D eigenvalue weighted by atomic mass is 10.0. The average Bonchev–Trinajstić information content (AvgIpc) is 0.937. The van der Waals surface area contributed by atoms with Crippen molar-refractivity contribution in [1.29, 1.82) is 0 Å². The van der Waals surface area contributed by atoms with Crippen LogP contribution in [0.3, 0.4) is 0 Å². The van der Waals surface area contributed by atoms with Gasteiger partial charge in [-0.2, -0.15) is 0 Å². The molecule has 100 heavy (non-hydrogen) atoms. The van der Waals surface area contributed by atoms with Crippen molar-refractivity contribution < 1.29 is 80.2 Å². The highest BCUT2D eigenvalue weighted by atomic mass is 31.2. The van der Waals surface area contributed by atoms with Crippen LogP contribution in [0.5, 0.6) is 0 Å². The van der Waals surface area contributed by atoms with Crippen LogP contribution >= 0.6 is 15.6 Å². The van der Waals surface area contributed by atoms with Crippen LogP contribution in [0.1, 0.15) is 439 Å². The molecular formula is C81H158O17P2. The van der Waals surface area contributed by atoms with Crippen molar-refractivity contribution in [3.05, 3.63) is 0 Å². The van der Waals surface area contributed by atoms with Crippen molar-refractivity contribution >= 4 is 39.5 Å². The van der Waals surface area contributed by atoms with Gasteiger partial charge in [0.05, 0.1) is 26.4 Å². The van der Waals surface area contributed by atoms with Gasteiger partial charge in [-0.1, -0.05) is 387 Å². The van der Waals surface area contributed by atoms with Gasteiger partial charge in [-0.05, 0) is 25.7 Å².